The van der Waals surface area contributed by atoms with Gasteiger partial charge in [0.2, 0.25) is 5.76 Å². The summed E-state index contributed by atoms with van der Waals surface area (Å²) in [5, 5.41) is 2.70. The zero-order chi connectivity index (χ0) is 17.0. The molecule has 1 N–H and O–H groups in total. The molecule has 0 aliphatic carbocycles. The molecule has 23 heavy (non-hydrogen) atoms. The van der Waals surface area contributed by atoms with Crippen LogP contribution in [0.25, 0.3) is 0 Å². The summed E-state index contributed by atoms with van der Waals surface area (Å²) in [6.07, 6.45) is -0.945. The second-order valence-corrected chi connectivity index (χ2v) is 5.86. The van der Waals surface area contributed by atoms with Gasteiger partial charge >= 0.3 is 5.97 Å². The van der Waals surface area contributed by atoms with Crippen LogP contribution in [-0.4, -0.2) is 32.1 Å². The Morgan fingerprint density at radius 3 is 2.35 bits per heavy atom. The fourth-order valence-electron chi connectivity index (χ4n) is 1.78. The molecule has 1 atom stereocenters. The normalized spacial score (nSPS) is 11.7. The highest BCUT2D eigenvalue weighted by Crippen LogP contribution is 2.17. The van der Waals surface area contributed by atoms with Crippen LogP contribution in [0.5, 0.6) is 0 Å². The van der Waals surface area contributed by atoms with Crippen molar-refractivity contribution >= 4 is 39.2 Å². The Bertz CT molecular complexity index is 694. The molecule has 0 saturated heterocycles. The topological polar surface area (TPSA) is 71.8 Å². The van der Waals surface area contributed by atoms with E-state index in [1.165, 1.54) is 13.0 Å². The second kappa shape index (κ2) is 7.32. The Morgan fingerprint density at radius 1 is 1.17 bits per heavy atom. The van der Waals surface area contributed by atoms with E-state index in [0.29, 0.717) is 10.4 Å². The minimum atomic E-state index is -0.945. The first kappa shape index (κ1) is 17.1. The van der Waals surface area contributed by atoms with Crippen LogP contribution in [0.15, 0.2) is 45.5 Å². The number of carbonyl (C=O) groups is 2. The molecule has 1 aromatic carbocycles. The summed E-state index contributed by atoms with van der Waals surface area (Å²) in [7, 11) is 3.87. The summed E-state index contributed by atoms with van der Waals surface area (Å²) >= 11 is 3.10. The number of hydrogen-bond donors (Lipinski definition) is 1. The second-order valence-electron chi connectivity index (χ2n) is 5.08. The zero-order valence-electron chi connectivity index (χ0n) is 13.0. The van der Waals surface area contributed by atoms with E-state index in [0.717, 1.165) is 5.69 Å². The molecule has 0 fully saturated rings. The number of esters is 1. The average Bonchev–Trinajstić information content (AvgIpc) is 2.94. The van der Waals surface area contributed by atoms with E-state index in [-0.39, 0.29) is 5.76 Å². The van der Waals surface area contributed by atoms with Crippen molar-refractivity contribution in [1.29, 1.82) is 0 Å². The summed E-state index contributed by atoms with van der Waals surface area (Å²) in [5.41, 5.74) is 1.65. The lowest BCUT2D eigenvalue weighted by atomic mass is 10.2. The molecule has 0 bridgehead atoms. The molecule has 0 unspecified atom stereocenters. The highest BCUT2D eigenvalue weighted by molar-refractivity contribution is 9.10. The molecule has 6 nitrogen and oxygen atoms in total. The van der Waals surface area contributed by atoms with Crippen LogP contribution in [-0.2, 0) is 9.53 Å². The highest BCUT2D eigenvalue weighted by Gasteiger charge is 2.21. The number of amides is 1. The van der Waals surface area contributed by atoms with E-state index in [4.69, 9.17) is 9.15 Å². The third-order valence-electron chi connectivity index (χ3n) is 3.08. The van der Waals surface area contributed by atoms with Gasteiger partial charge in [-0.3, -0.25) is 4.79 Å². The van der Waals surface area contributed by atoms with E-state index >= 15 is 0 Å². The lowest BCUT2D eigenvalue weighted by Crippen LogP contribution is -2.29. The summed E-state index contributed by atoms with van der Waals surface area (Å²) in [6, 6.07) is 10.4. The van der Waals surface area contributed by atoms with Crippen molar-refractivity contribution in [3.05, 3.63) is 46.8 Å². The van der Waals surface area contributed by atoms with Gasteiger partial charge in [0, 0.05) is 25.5 Å². The van der Waals surface area contributed by atoms with Gasteiger partial charge in [-0.1, -0.05) is 0 Å². The summed E-state index contributed by atoms with van der Waals surface area (Å²) in [4.78, 5) is 25.8. The van der Waals surface area contributed by atoms with Gasteiger partial charge < -0.3 is 19.4 Å². The molecular weight excluding hydrogens is 364 g/mol. The maximum absolute atomic E-state index is 12.1. The zero-order valence-corrected chi connectivity index (χ0v) is 14.6. The molecule has 0 aliphatic heterocycles. The Hall–Kier alpha value is -2.28. The number of furan rings is 1. The summed E-state index contributed by atoms with van der Waals surface area (Å²) in [6.45, 7) is 1.50. The Balaban J connectivity index is 1.93. The number of carbonyl (C=O) groups excluding carboxylic acids is 2. The molecule has 2 rings (SSSR count). The van der Waals surface area contributed by atoms with Crippen molar-refractivity contribution in [2.45, 2.75) is 13.0 Å². The minimum absolute atomic E-state index is 0.0341. The first-order valence-electron chi connectivity index (χ1n) is 6.91. The van der Waals surface area contributed by atoms with Gasteiger partial charge in [0.1, 0.15) is 0 Å². The molecule has 122 valence electrons. The molecule has 2 aromatic rings. The van der Waals surface area contributed by atoms with E-state index in [2.05, 4.69) is 21.2 Å². The smallest absolute Gasteiger partial charge is 0.375 e. The minimum Gasteiger partial charge on any atom is -0.447 e. The first-order valence-corrected chi connectivity index (χ1v) is 7.70. The van der Waals surface area contributed by atoms with Crippen molar-refractivity contribution in [1.82, 2.24) is 0 Å². The fraction of sp³-hybridized carbons (Fsp3) is 0.250. The van der Waals surface area contributed by atoms with Crippen LogP contribution in [0.1, 0.15) is 17.5 Å². The summed E-state index contributed by atoms with van der Waals surface area (Å²) in [5.74, 6) is -1.07. The molecule has 0 spiro atoms. The van der Waals surface area contributed by atoms with Gasteiger partial charge in [-0.05, 0) is 59.3 Å². The number of benzene rings is 1. The number of rotatable bonds is 5. The van der Waals surface area contributed by atoms with Crippen LogP contribution >= 0.6 is 15.9 Å². The first-order chi connectivity index (χ1) is 10.9. The molecule has 0 aliphatic rings. The SMILES string of the molecule is C[C@H](OC(=O)c1ccc(Br)o1)C(=O)Nc1ccc(N(C)C)cc1. The Morgan fingerprint density at radius 2 is 1.83 bits per heavy atom. The molecule has 0 radical (unpaired) electrons. The maximum atomic E-state index is 12.1. The van der Waals surface area contributed by atoms with Crippen molar-refractivity contribution in [2.24, 2.45) is 0 Å². The van der Waals surface area contributed by atoms with Crippen LogP contribution < -0.4 is 10.2 Å². The summed E-state index contributed by atoms with van der Waals surface area (Å²) < 4.78 is 10.6. The number of nitrogens with zero attached hydrogens (tertiary/aromatic N) is 1. The van der Waals surface area contributed by atoms with E-state index < -0.39 is 18.0 Å². The molecule has 1 aromatic heterocycles. The molecule has 1 heterocycles. The van der Waals surface area contributed by atoms with Gasteiger partial charge in [-0.15, -0.1) is 0 Å². The Labute approximate surface area is 142 Å². The van der Waals surface area contributed by atoms with E-state index in [9.17, 15) is 9.59 Å². The fourth-order valence-corrected chi connectivity index (χ4v) is 2.09. The van der Waals surface area contributed by atoms with E-state index in [1.807, 2.05) is 31.1 Å². The van der Waals surface area contributed by atoms with Crippen molar-refractivity contribution in [2.75, 3.05) is 24.3 Å². The van der Waals surface area contributed by atoms with Crippen LogP contribution in [0, 0.1) is 0 Å². The average molecular weight is 381 g/mol. The number of anilines is 2. The van der Waals surface area contributed by atoms with Gasteiger partial charge in [-0.25, -0.2) is 4.79 Å². The lowest BCUT2D eigenvalue weighted by Gasteiger charge is -2.15. The van der Waals surface area contributed by atoms with Gasteiger partial charge in [0.05, 0.1) is 0 Å². The van der Waals surface area contributed by atoms with Crippen molar-refractivity contribution in [3.63, 3.8) is 0 Å². The molecule has 1 amide bonds. The third kappa shape index (κ3) is 4.59. The standard InChI is InChI=1S/C16H17BrN2O4/c1-10(22-16(21)13-8-9-14(17)23-13)15(20)18-11-4-6-12(7-5-11)19(2)3/h4-10H,1-3H3,(H,18,20)/t10-/m0/s1. The predicted octanol–water partition coefficient (Wildman–Crippen LogP) is 3.29. The van der Waals surface area contributed by atoms with Crippen LogP contribution in [0.2, 0.25) is 0 Å². The largest absolute Gasteiger partial charge is 0.447 e. The van der Waals surface area contributed by atoms with Crippen LogP contribution in [0.4, 0.5) is 11.4 Å². The van der Waals surface area contributed by atoms with Crippen molar-refractivity contribution < 1.29 is 18.7 Å². The Kier molecular flexibility index (Phi) is 5.44. The molecule has 7 heteroatoms. The monoisotopic (exact) mass is 380 g/mol. The quantitative estimate of drug-likeness (QED) is 0.805. The number of ether oxygens (including phenoxy) is 1. The number of nitrogens with one attached hydrogen (secondary N) is 1. The molecule has 0 saturated carbocycles. The third-order valence-corrected chi connectivity index (χ3v) is 3.50. The highest BCUT2D eigenvalue weighted by atomic mass is 79.9. The van der Waals surface area contributed by atoms with Crippen LogP contribution in [0.3, 0.4) is 0 Å². The van der Waals surface area contributed by atoms with Gasteiger partial charge in [0.15, 0.2) is 10.8 Å². The predicted molar refractivity (Wildman–Crippen MR) is 90.7 cm³/mol. The molecular formula is C16H17BrN2O4. The number of hydrogen-bond acceptors (Lipinski definition) is 5. The van der Waals surface area contributed by atoms with Crippen molar-refractivity contribution in [3.8, 4) is 0 Å². The maximum Gasteiger partial charge on any atom is 0.375 e. The lowest BCUT2D eigenvalue weighted by molar-refractivity contribution is -0.123. The van der Waals surface area contributed by atoms with Gasteiger partial charge in [0.25, 0.3) is 5.91 Å². The van der Waals surface area contributed by atoms with Gasteiger partial charge in [-0.2, -0.15) is 0 Å². The number of halogens is 1. The van der Waals surface area contributed by atoms with E-state index in [1.54, 1.807) is 18.2 Å².